The van der Waals surface area contributed by atoms with Gasteiger partial charge in [0, 0.05) is 30.0 Å². The van der Waals surface area contributed by atoms with Crippen LogP contribution >= 0.6 is 19.9 Å². The van der Waals surface area contributed by atoms with Crippen LogP contribution in [0.3, 0.4) is 0 Å². The molecule has 1 aliphatic heterocycles. The summed E-state index contributed by atoms with van der Waals surface area (Å²) in [5.74, 6) is 3.32. The van der Waals surface area contributed by atoms with Crippen LogP contribution in [0.25, 0.3) is 0 Å². The number of allylic oxidation sites excluding steroid dienone is 3. The molecule has 1 fully saturated rings. The van der Waals surface area contributed by atoms with Crippen LogP contribution in [0.5, 0.6) is 0 Å². The van der Waals surface area contributed by atoms with Crippen molar-refractivity contribution in [3.63, 3.8) is 0 Å². The SMILES string of the molecule is C=C(/C=C\C/C(=C\CC)OC(C)CC)SNC1(C)CCN(/[PH](=C/C)OC(C)(C)C)CC1. The van der Waals surface area contributed by atoms with Crippen LogP contribution in [-0.2, 0) is 9.26 Å². The Hall–Kier alpha value is -0.450. The Morgan fingerprint density at radius 3 is 2.45 bits per heavy atom. The van der Waals surface area contributed by atoms with Gasteiger partial charge in [-0.25, -0.2) is 0 Å². The van der Waals surface area contributed by atoms with E-state index in [-0.39, 0.29) is 17.2 Å². The van der Waals surface area contributed by atoms with Gasteiger partial charge in [-0.2, -0.15) is 0 Å². The molecule has 0 radical (unpaired) electrons. The zero-order chi connectivity index (χ0) is 23.5. The standard InChI is InChI=1S/C25H47N2O2PS/c1-10-14-23(28-21(4)11-2)16-13-15-22(5)31-26-25(9)17-19-27(20-18-25)30(12-3)29-24(6,7)8/h12-15,21,26,30H,5,10-11,16-20H2,1-4,6-9H3/b15-13-,23-14+. The highest BCUT2D eigenvalue weighted by molar-refractivity contribution is 8.01. The van der Waals surface area contributed by atoms with E-state index in [9.17, 15) is 0 Å². The Bertz CT molecular complexity index is 644. The van der Waals surface area contributed by atoms with E-state index in [0.29, 0.717) is 0 Å². The molecule has 0 bridgehead atoms. The van der Waals surface area contributed by atoms with Gasteiger partial charge in [0.25, 0.3) is 0 Å². The Labute approximate surface area is 197 Å². The molecule has 0 saturated carbocycles. The van der Waals surface area contributed by atoms with Crippen LogP contribution in [0.4, 0.5) is 0 Å². The number of hydrogen-bond donors (Lipinski definition) is 1. The van der Waals surface area contributed by atoms with Gasteiger partial charge >= 0.3 is 0 Å². The maximum Gasteiger partial charge on any atom is 0.0961 e. The van der Waals surface area contributed by atoms with Crippen molar-refractivity contribution in [3.8, 4) is 0 Å². The van der Waals surface area contributed by atoms with Gasteiger partial charge in [-0.3, -0.25) is 9.39 Å². The third kappa shape index (κ3) is 11.8. The highest BCUT2D eigenvalue weighted by atomic mass is 32.2. The topological polar surface area (TPSA) is 33.7 Å². The molecule has 31 heavy (non-hydrogen) atoms. The minimum atomic E-state index is -1.03. The van der Waals surface area contributed by atoms with Crippen LogP contribution in [0.2, 0.25) is 0 Å². The summed E-state index contributed by atoms with van der Waals surface area (Å²) >= 11 is 1.65. The first-order valence-electron chi connectivity index (χ1n) is 11.8. The van der Waals surface area contributed by atoms with Crippen molar-refractivity contribution in [2.75, 3.05) is 13.1 Å². The first-order valence-corrected chi connectivity index (χ1v) is 14.0. The second-order valence-corrected chi connectivity index (χ2v) is 12.6. The highest BCUT2D eigenvalue weighted by Gasteiger charge is 2.31. The molecule has 2 unspecified atom stereocenters. The lowest BCUT2D eigenvalue weighted by Crippen LogP contribution is -2.47. The normalized spacial score (nSPS) is 20.2. The van der Waals surface area contributed by atoms with Crippen molar-refractivity contribution in [2.45, 2.75) is 105 Å². The molecule has 0 aliphatic carbocycles. The molecule has 6 heteroatoms. The smallest absolute Gasteiger partial charge is 0.0961 e. The summed E-state index contributed by atoms with van der Waals surface area (Å²) in [7, 11) is -1.03. The zero-order valence-electron chi connectivity index (χ0n) is 21.2. The maximum absolute atomic E-state index is 6.31. The van der Waals surface area contributed by atoms with E-state index in [4.69, 9.17) is 9.26 Å². The van der Waals surface area contributed by atoms with Gasteiger partial charge in [0.2, 0.25) is 0 Å². The number of piperidine rings is 1. The van der Waals surface area contributed by atoms with Gasteiger partial charge in [0.1, 0.15) is 0 Å². The van der Waals surface area contributed by atoms with Crippen LogP contribution in [0, 0.1) is 0 Å². The van der Waals surface area contributed by atoms with Crippen molar-refractivity contribution in [1.29, 1.82) is 0 Å². The van der Waals surface area contributed by atoms with Crippen molar-refractivity contribution >= 4 is 25.7 Å². The van der Waals surface area contributed by atoms with E-state index < -0.39 is 7.92 Å². The van der Waals surface area contributed by atoms with Gasteiger partial charge in [0.15, 0.2) is 0 Å². The van der Waals surface area contributed by atoms with E-state index in [0.717, 1.165) is 55.9 Å². The molecule has 0 aromatic rings. The van der Waals surface area contributed by atoms with Crippen molar-refractivity contribution in [2.24, 2.45) is 0 Å². The van der Waals surface area contributed by atoms with Crippen LogP contribution < -0.4 is 4.72 Å². The fourth-order valence-electron chi connectivity index (χ4n) is 3.22. The zero-order valence-corrected chi connectivity index (χ0v) is 23.0. The summed E-state index contributed by atoms with van der Waals surface area (Å²) in [5.41, 5.74) is 0.0267. The molecule has 180 valence electrons. The van der Waals surface area contributed by atoms with Crippen LogP contribution in [0.15, 0.2) is 35.5 Å². The Kier molecular flexibility index (Phi) is 12.9. The fraction of sp³-hybridized carbons (Fsp3) is 0.720. The Balaban J connectivity index is 2.48. The molecule has 1 aliphatic rings. The van der Waals surface area contributed by atoms with E-state index >= 15 is 0 Å². The molecule has 0 aromatic carbocycles. The lowest BCUT2D eigenvalue weighted by molar-refractivity contribution is 0.124. The molecule has 1 rings (SSSR count). The minimum absolute atomic E-state index is 0.0917. The number of hydrogen-bond acceptors (Lipinski definition) is 5. The molecule has 4 nitrogen and oxygen atoms in total. The maximum atomic E-state index is 6.31. The molecule has 1 heterocycles. The fourth-order valence-corrected chi connectivity index (χ4v) is 5.87. The molecule has 0 spiro atoms. The molecule has 0 aromatic heterocycles. The summed E-state index contributed by atoms with van der Waals surface area (Å²) in [6.45, 7) is 23.6. The largest absolute Gasteiger partial charge is 0.495 e. The lowest BCUT2D eigenvalue weighted by atomic mass is 9.92. The first kappa shape index (κ1) is 28.6. The third-order valence-electron chi connectivity index (χ3n) is 5.25. The summed E-state index contributed by atoms with van der Waals surface area (Å²) in [5, 5.41) is 0. The summed E-state index contributed by atoms with van der Waals surface area (Å²) in [4.78, 5) is 1.03. The number of nitrogens with one attached hydrogen (secondary N) is 1. The van der Waals surface area contributed by atoms with Crippen LogP contribution in [0.1, 0.15) is 87.5 Å². The Morgan fingerprint density at radius 1 is 1.29 bits per heavy atom. The monoisotopic (exact) mass is 470 g/mol. The second kappa shape index (κ2) is 14.0. The Morgan fingerprint density at radius 2 is 1.94 bits per heavy atom. The summed E-state index contributed by atoms with van der Waals surface area (Å²) < 4.78 is 18.5. The molecule has 2 atom stereocenters. The van der Waals surface area contributed by atoms with Gasteiger partial charge in [-0.15, -0.1) is 0 Å². The molecular weight excluding hydrogens is 423 g/mol. The molecule has 0 amide bonds. The molecule has 1 saturated heterocycles. The van der Waals surface area contributed by atoms with E-state index in [1.807, 2.05) is 0 Å². The van der Waals surface area contributed by atoms with Gasteiger partial charge in [-0.1, -0.05) is 38.4 Å². The van der Waals surface area contributed by atoms with E-state index in [1.165, 1.54) is 0 Å². The van der Waals surface area contributed by atoms with Crippen LogP contribution in [-0.4, -0.2) is 40.8 Å². The summed E-state index contributed by atoms with van der Waals surface area (Å²) in [6.07, 6.45) is 11.7. The third-order valence-corrected chi connectivity index (χ3v) is 8.63. The van der Waals surface area contributed by atoms with Gasteiger partial charge in [0.05, 0.1) is 25.4 Å². The quantitative estimate of drug-likeness (QED) is 0.140. The van der Waals surface area contributed by atoms with Crippen molar-refractivity contribution in [3.05, 3.63) is 35.5 Å². The minimum Gasteiger partial charge on any atom is -0.495 e. The number of rotatable bonds is 12. The second-order valence-electron chi connectivity index (χ2n) is 9.58. The molecular formula is C25H47N2O2PS. The predicted molar refractivity (Wildman–Crippen MR) is 143 cm³/mol. The van der Waals surface area contributed by atoms with E-state index in [1.54, 1.807) is 11.9 Å². The lowest BCUT2D eigenvalue weighted by Gasteiger charge is -2.41. The van der Waals surface area contributed by atoms with Crippen molar-refractivity contribution in [1.82, 2.24) is 9.39 Å². The number of ether oxygens (including phenoxy) is 1. The van der Waals surface area contributed by atoms with E-state index in [2.05, 4.69) is 95.4 Å². The van der Waals surface area contributed by atoms with Gasteiger partial charge < -0.3 is 9.26 Å². The highest BCUT2D eigenvalue weighted by Crippen LogP contribution is 2.39. The van der Waals surface area contributed by atoms with Gasteiger partial charge in [-0.05, 0) is 85.2 Å². The number of nitrogens with zero attached hydrogens (tertiary/aromatic N) is 1. The predicted octanol–water partition coefficient (Wildman–Crippen LogP) is 7.33. The molecule has 1 N–H and O–H groups in total. The first-order chi connectivity index (χ1) is 14.5. The average molecular weight is 471 g/mol. The average Bonchev–Trinajstić information content (AvgIpc) is 2.70. The summed E-state index contributed by atoms with van der Waals surface area (Å²) in [6, 6.07) is 0. The van der Waals surface area contributed by atoms with Crippen molar-refractivity contribution < 1.29 is 9.26 Å².